The van der Waals surface area contributed by atoms with Crippen molar-refractivity contribution in [3.8, 4) is 0 Å². The predicted molar refractivity (Wildman–Crippen MR) is 135 cm³/mol. The summed E-state index contributed by atoms with van der Waals surface area (Å²) in [6, 6.07) is 17.6. The van der Waals surface area contributed by atoms with Crippen LogP contribution >= 0.6 is 0 Å². The summed E-state index contributed by atoms with van der Waals surface area (Å²) in [5.41, 5.74) is 2.96. The van der Waals surface area contributed by atoms with Gasteiger partial charge in [-0.25, -0.2) is 4.68 Å². The lowest BCUT2D eigenvalue weighted by molar-refractivity contribution is -0.127. The molecule has 0 saturated heterocycles. The summed E-state index contributed by atoms with van der Waals surface area (Å²) in [7, 11) is 0. The molecule has 8 heteroatoms. The summed E-state index contributed by atoms with van der Waals surface area (Å²) in [4.78, 5) is 29.0. The Kier molecular flexibility index (Phi) is 7.29. The fraction of sp³-hybridized carbons (Fsp3) is 0.333. The Labute approximate surface area is 204 Å². The van der Waals surface area contributed by atoms with Gasteiger partial charge in [0.1, 0.15) is 23.6 Å². The maximum Gasteiger partial charge on any atom is 0.251 e. The quantitative estimate of drug-likeness (QED) is 0.384. The van der Waals surface area contributed by atoms with E-state index in [0.717, 1.165) is 17.5 Å². The highest BCUT2D eigenvalue weighted by Gasteiger charge is 2.36. The number of fused-ring (bicyclic) bond motifs is 1. The molecule has 8 nitrogen and oxygen atoms in total. The van der Waals surface area contributed by atoms with Crippen molar-refractivity contribution in [2.75, 3.05) is 11.4 Å². The van der Waals surface area contributed by atoms with Crippen molar-refractivity contribution in [3.05, 3.63) is 77.7 Å². The molecule has 1 N–H and O–H groups in total. The average Bonchev–Trinajstić information content (AvgIpc) is 3.44. The van der Waals surface area contributed by atoms with Crippen molar-refractivity contribution in [1.29, 1.82) is 0 Å². The van der Waals surface area contributed by atoms with E-state index in [2.05, 4.69) is 29.5 Å². The first-order valence-corrected chi connectivity index (χ1v) is 11.8. The molecule has 4 aromatic rings. The second-order valence-electron chi connectivity index (χ2n) is 9.11. The van der Waals surface area contributed by atoms with Gasteiger partial charge in [0.25, 0.3) is 5.91 Å². The number of benzene rings is 2. The number of carbonyl (C=O) groups is 2. The minimum atomic E-state index is -0.973. The fourth-order valence-electron chi connectivity index (χ4n) is 4.04. The number of furan rings is 1. The minimum absolute atomic E-state index is 0.0791. The van der Waals surface area contributed by atoms with Gasteiger partial charge < -0.3 is 9.73 Å². The monoisotopic (exact) mass is 473 g/mol. The van der Waals surface area contributed by atoms with Crippen LogP contribution in [0.1, 0.15) is 43.4 Å². The van der Waals surface area contributed by atoms with Crippen LogP contribution in [-0.2, 0) is 16.1 Å². The van der Waals surface area contributed by atoms with Gasteiger partial charge in [-0.05, 0) is 62.1 Å². The molecule has 4 rings (SSSR count). The third-order valence-electron chi connectivity index (χ3n) is 5.91. The number of aromatic nitrogens is 3. The molecule has 0 aliphatic carbocycles. The molecule has 1 atom stereocenters. The molecule has 0 aliphatic heterocycles. The molecule has 0 radical (unpaired) electrons. The van der Waals surface area contributed by atoms with Crippen molar-refractivity contribution in [3.63, 3.8) is 0 Å². The Bertz CT molecular complexity index is 1320. The van der Waals surface area contributed by atoms with Crippen molar-refractivity contribution in [1.82, 2.24) is 20.3 Å². The molecule has 2 aromatic carbocycles. The summed E-state index contributed by atoms with van der Waals surface area (Å²) >= 11 is 0. The Hall–Kier alpha value is -3.94. The van der Waals surface area contributed by atoms with Gasteiger partial charge in [0, 0.05) is 12.2 Å². The molecule has 2 amide bonds. The van der Waals surface area contributed by atoms with Gasteiger partial charge in [-0.15, -0.1) is 5.10 Å². The van der Waals surface area contributed by atoms with E-state index in [1.807, 2.05) is 62.4 Å². The van der Waals surface area contributed by atoms with Crippen LogP contribution in [0.3, 0.4) is 0 Å². The lowest BCUT2D eigenvalue weighted by atomic mass is 10.1. The largest absolute Gasteiger partial charge is 0.464 e. The lowest BCUT2D eigenvalue weighted by Crippen LogP contribution is -2.45. The van der Waals surface area contributed by atoms with Gasteiger partial charge in [0.05, 0.1) is 5.52 Å². The number of rotatable bonds is 9. The van der Waals surface area contributed by atoms with Crippen LogP contribution < -0.4 is 10.2 Å². The van der Waals surface area contributed by atoms with E-state index in [0.29, 0.717) is 35.2 Å². The van der Waals surface area contributed by atoms with Crippen molar-refractivity contribution in [2.24, 2.45) is 5.92 Å². The summed E-state index contributed by atoms with van der Waals surface area (Å²) in [5, 5.41) is 11.4. The van der Waals surface area contributed by atoms with Crippen LogP contribution in [0.15, 0.2) is 65.1 Å². The van der Waals surface area contributed by atoms with Crippen LogP contribution in [0.25, 0.3) is 11.0 Å². The molecule has 35 heavy (non-hydrogen) atoms. The van der Waals surface area contributed by atoms with E-state index < -0.39 is 6.04 Å². The Balaban J connectivity index is 1.75. The number of hydrogen-bond acceptors (Lipinski definition) is 5. The molecule has 0 spiro atoms. The Morgan fingerprint density at radius 3 is 2.49 bits per heavy atom. The van der Waals surface area contributed by atoms with E-state index in [9.17, 15) is 9.59 Å². The molecule has 2 aromatic heterocycles. The predicted octanol–water partition coefficient (Wildman–Crippen LogP) is 4.58. The van der Waals surface area contributed by atoms with Gasteiger partial charge in [0.2, 0.25) is 5.91 Å². The van der Waals surface area contributed by atoms with Crippen molar-refractivity contribution < 1.29 is 14.0 Å². The topological polar surface area (TPSA) is 93.3 Å². The smallest absolute Gasteiger partial charge is 0.251 e. The van der Waals surface area contributed by atoms with Crippen molar-refractivity contribution >= 4 is 28.5 Å². The highest BCUT2D eigenvalue weighted by atomic mass is 16.3. The zero-order chi connectivity index (χ0) is 24.9. The average molecular weight is 474 g/mol. The number of carbonyl (C=O) groups excluding carboxylic acids is 2. The Morgan fingerprint density at radius 2 is 1.77 bits per heavy atom. The molecular formula is C27H31N5O3. The summed E-state index contributed by atoms with van der Waals surface area (Å²) in [6.07, 6.45) is 0.832. The van der Waals surface area contributed by atoms with Gasteiger partial charge in [-0.3, -0.25) is 14.5 Å². The number of nitrogens with zero attached hydrogens (tertiary/aromatic N) is 4. The van der Waals surface area contributed by atoms with Gasteiger partial charge in [0.15, 0.2) is 6.04 Å². The van der Waals surface area contributed by atoms with Gasteiger partial charge >= 0.3 is 0 Å². The molecule has 2 heterocycles. The maximum absolute atomic E-state index is 13.9. The summed E-state index contributed by atoms with van der Waals surface area (Å²) in [5.74, 6) is 0.923. The molecule has 182 valence electrons. The van der Waals surface area contributed by atoms with Gasteiger partial charge in [-0.1, -0.05) is 49.4 Å². The number of aryl methyl sites for hydroxylation is 2. The van der Waals surface area contributed by atoms with E-state index in [-0.39, 0.29) is 18.4 Å². The number of nitrogens with one attached hydrogen (secondary N) is 1. The zero-order valence-electron chi connectivity index (χ0n) is 20.6. The molecular weight excluding hydrogens is 442 g/mol. The Morgan fingerprint density at radius 1 is 1.03 bits per heavy atom. The standard InChI is InChI=1S/C27H31N5O3/c1-18(2)15-16-28-27(34)26(24-14-13-20(4)35-24)32(22-11-7-5-9-19(22)3)25(33)17-31-23-12-8-6-10-21(23)29-30-31/h5-14,18,26H,15-17H2,1-4H3,(H,28,34)/t26-/m1/s1. The SMILES string of the molecule is Cc1ccc([C@H](C(=O)NCCC(C)C)N(C(=O)Cn2nnc3ccccc32)c2ccccc2C)o1. The summed E-state index contributed by atoms with van der Waals surface area (Å²) in [6.45, 7) is 8.37. The zero-order valence-corrected chi connectivity index (χ0v) is 20.6. The minimum Gasteiger partial charge on any atom is -0.464 e. The maximum atomic E-state index is 13.9. The van der Waals surface area contributed by atoms with Crippen LogP contribution in [0, 0.1) is 19.8 Å². The van der Waals surface area contributed by atoms with E-state index >= 15 is 0 Å². The third-order valence-corrected chi connectivity index (χ3v) is 5.91. The van der Waals surface area contributed by atoms with Crippen LogP contribution in [0.5, 0.6) is 0 Å². The van der Waals surface area contributed by atoms with Crippen LogP contribution in [-0.4, -0.2) is 33.4 Å². The first-order chi connectivity index (χ1) is 16.8. The highest BCUT2D eigenvalue weighted by molar-refractivity contribution is 6.01. The molecule has 0 aliphatic rings. The number of hydrogen-bond donors (Lipinski definition) is 1. The molecule has 0 bridgehead atoms. The summed E-state index contributed by atoms with van der Waals surface area (Å²) < 4.78 is 7.46. The number of amides is 2. The van der Waals surface area contributed by atoms with Crippen LogP contribution in [0.2, 0.25) is 0 Å². The molecule has 0 fully saturated rings. The first-order valence-electron chi connectivity index (χ1n) is 11.8. The normalized spacial score (nSPS) is 12.1. The highest BCUT2D eigenvalue weighted by Crippen LogP contribution is 2.32. The lowest BCUT2D eigenvalue weighted by Gasteiger charge is -2.31. The molecule has 0 saturated carbocycles. The number of anilines is 1. The van der Waals surface area contributed by atoms with Gasteiger partial charge in [-0.2, -0.15) is 0 Å². The van der Waals surface area contributed by atoms with E-state index in [4.69, 9.17) is 4.42 Å². The van der Waals surface area contributed by atoms with Crippen LogP contribution in [0.4, 0.5) is 5.69 Å². The second-order valence-corrected chi connectivity index (χ2v) is 9.11. The first kappa shape index (κ1) is 24.2. The fourth-order valence-corrected chi connectivity index (χ4v) is 4.04. The van der Waals surface area contributed by atoms with E-state index in [1.54, 1.807) is 16.8 Å². The van der Waals surface area contributed by atoms with E-state index in [1.165, 1.54) is 4.90 Å². The number of para-hydroxylation sites is 2. The second kappa shape index (κ2) is 10.5. The molecule has 0 unspecified atom stereocenters. The van der Waals surface area contributed by atoms with Crippen molar-refractivity contribution in [2.45, 2.75) is 46.7 Å². The third kappa shape index (κ3) is 5.42.